The fourth-order valence-electron chi connectivity index (χ4n) is 2.94. The van der Waals surface area contributed by atoms with E-state index >= 15 is 0 Å². The van der Waals surface area contributed by atoms with E-state index in [2.05, 4.69) is 18.3 Å². The van der Waals surface area contributed by atoms with Crippen LogP contribution in [0.25, 0.3) is 0 Å². The number of benzene rings is 2. The molecule has 1 heterocycles. The topological polar surface area (TPSA) is 41.6 Å². The molecule has 0 bridgehead atoms. The number of nitrogens with one attached hydrogen (secondary N) is 1. The Bertz CT molecular complexity index is 759. The molecule has 4 nitrogen and oxygen atoms in total. The molecule has 0 aliphatic carbocycles. The van der Waals surface area contributed by atoms with Gasteiger partial charge in [0.15, 0.2) is 11.7 Å². The first-order valence-corrected chi connectivity index (χ1v) is 8.99. The Morgan fingerprint density at radius 1 is 1.20 bits per heavy atom. The van der Waals surface area contributed by atoms with E-state index in [-0.39, 0.29) is 12.5 Å². The highest BCUT2D eigenvalue weighted by Crippen LogP contribution is 2.26. The number of ether oxygens (including phenoxy) is 1. The molecular formula is C20H22N2O2S. The number of hydrogen-bond acceptors (Lipinski definition) is 3. The van der Waals surface area contributed by atoms with E-state index in [1.165, 1.54) is 11.1 Å². The third kappa shape index (κ3) is 4.37. The predicted molar refractivity (Wildman–Crippen MR) is 104 cm³/mol. The molecule has 0 saturated carbocycles. The number of fused-ring (bicyclic) bond motifs is 1. The fourth-order valence-corrected chi connectivity index (χ4v) is 3.24. The summed E-state index contributed by atoms with van der Waals surface area (Å²) in [5, 5.41) is 3.21. The Morgan fingerprint density at radius 2 is 1.96 bits per heavy atom. The van der Waals surface area contributed by atoms with Crippen LogP contribution in [-0.4, -0.2) is 24.2 Å². The molecule has 1 N–H and O–H groups in total. The van der Waals surface area contributed by atoms with Crippen molar-refractivity contribution < 1.29 is 9.53 Å². The number of amides is 1. The Kier molecular flexibility index (Phi) is 5.66. The number of hydrogen-bond donors (Lipinski definition) is 1. The standard InChI is InChI=1S/C20H22N2O2S/c1-2-15-9-11-17(12-10-15)24-14-19(23)21-20(25)22-13-5-7-16-6-3-4-8-18(16)22/h3-4,6,8-12H,2,5,7,13-14H2,1H3,(H,21,23,25). The Labute approximate surface area is 153 Å². The van der Waals surface area contributed by atoms with E-state index in [1.54, 1.807) is 0 Å². The molecule has 0 atom stereocenters. The van der Waals surface area contributed by atoms with Gasteiger partial charge >= 0.3 is 0 Å². The van der Waals surface area contributed by atoms with Gasteiger partial charge in [0.25, 0.3) is 5.91 Å². The average molecular weight is 354 g/mol. The molecule has 2 aromatic carbocycles. The zero-order valence-corrected chi connectivity index (χ0v) is 15.1. The van der Waals surface area contributed by atoms with Crippen LogP contribution in [0.3, 0.4) is 0 Å². The number of para-hydroxylation sites is 1. The zero-order valence-electron chi connectivity index (χ0n) is 14.3. The average Bonchev–Trinajstić information content (AvgIpc) is 2.66. The highest BCUT2D eigenvalue weighted by molar-refractivity contribution is 7.80. The van der Waals surface area contributed by atoms with Crippen molar-refractivity contribution in [2.24, 2.45) is 0 Å². The molecule has 0 fully saturated rings. The summed E-state index contributed by atoms with van der Waals surface area (Å²) >= 11 is 5.43. The largest absolute Gasteiger partial charge is 0.484 e. The van der Waals surface area contributed by atoms with Crippen molar-refractivity contribution in [3.05, 3.63) is 59.7 Å². The van der Waals surface area contributed by atoms with Crippen molar-refractivity contribution in [1.29, 1.82) is 0 Å². The fraction of sp³-hybridized carbons (Fsp3) is 0.300. The lowest BCUT2D eigenvalue weighted by molar-refractivity contribution is -0.121. The second-order valence-corrected chi connectivity index (χ2v) is 6.41. The molecule has 0 aromatic heterocycles. The van der Waals surface area contributed by atoms with E-state index in [0.717, 1.165) is 31.5 Å². The summed E-state index contributed by atoms with van der Waals surface area (Å²) in [6, 6.07) is 15.9. The van der Waals surface area contributed by atoms with Crippen LogP contribution in [-0.2, 0) is 17.6 Å². The van der Waals surface area contributed by atoms with Crippen molar-refractivity contribution in [1.82, 2.24) is 5.32 Å². The van der Waals surface area contributed by atoms with Crippen LogP contribution < -0.4 is 15.0 Å². The van der Waals surface area contributed by atoms with Crippen LogP contribution in [0.2, 0.25) is 0 Å². The van der Waals surface area contributed by atoms with Gasteiger partial charge in [-0.05, 0) is 60.8 Å². The molecule has 0 unspecified atom stereocenters. The van der Waals surface area contributed by atoms with Crippen molar-refractivity contribution >= 4 is 28.9 Å². The Hall–Kier alpha value is -2.40. The van der Waals surface area contributed by atoms with Crippen LogP contribution in [0.4, 0.5) is 5.69 Å². The number of thiocarbonyl (C=S) groups is 1. The third-order valence-electron chi connectivity index (χ3n) is 4.30. The van der Waals surface area contributed by atoms with Gasteiger partial charge in [-0.15, -0.1) is 0 Å². The smallest absolute Gasteiger partial charge is 0.264 e. The van der Waals surface area contributed by atoms with Crippen molar-refractivity contribution in [3.63, 3.8) is 0 Å². The Balaban J connectivity index is 1.55. The SMILES string of the molecule is CCc1ccc(OCC(=O)NC(=S)N2CCCc3ccccc32)cc1. The quantitative estimate of drug-likeness (QED) is 0.854. The highest BCUT2D eigenvalue weighted by atomic mass is 32.1. The first-order chi connectivity index (χ1) is 12.2. The summed E-state index contributed by atoms with van der Waals surface area (Å²) in [5.74, 6) is 0.439. The summed E-state index contributed by atoms with van der Waals surface area (Å²) in [6.07, 6.45) is 3.04. The molecule has 0 radical (unpaired) electrons. The van der Waals surface area contributed by atoms with Gasteiger partial charge in [0, 0.05) is 12.2 Å². The van der Waals surface area contributed by atoms with Crippen molar-refractivity contribution in [3.8, 4) is 5.75 Å². The second-order valence-electron chi connectivity index (χ2n) is 6.02. The normalized spacial score (nSPS) is 13.1. The van der Waals surface area contributed by atoms with Crippen LogP contribution in [0.1, 0.15) is 24.5 Å². The molecule has 25 heavy (non-hydrogen) atoms. The zero-order chi connectivity index (χ0) is 17.6. The van der Waals surface area contributed by atoms with E-state index in [4.69, 9.17) is 17.0 Å². The third-order valence-corrected chi connectivity index (χ3v) is 4.63. The van der Waals surface area contributed by atoms with Gasteiger partial charge in [0.1, 0.15) is 5.75 Å². The molecule has 130 valence electrons. The minimum atomic E-state index is -0.243. The summed E-state index contributed by atoms with van der Waals surface area (Å²) < 4.78 is 5.53. The van der Waals surface area contributed by atoms with Crippen molar-refractivity contribution in [2.75, 3.05) is 18.1 Å². The van der Waals surface area contributed by atoms with Crippen LogP contribution in [0.5, 0.6) is 5.75 Å². The lowest BCUT2D eigenvalue weighted by Gasteiger charge is -2.31. The molecular weight excluding hydrogens is 332 g/mol. The molecule has 0 spiro atoms. The van der Waals surface area contributed by atoms with Crippen molar-refractivity contribution in [2.45, 2.75) is 26.2 Å². The van der Waals surface area contributed by atoms with E-state index in [1.807, 2.05) is 47.4 Å². The van der Waals surface area contributed by atoms with Gasteiger partial charge in [-0.3, -0.25) is 10.1 Å². The second kappa shape index (κ2) is 8.12. The van der Waals surface area contributed by atoms with Crippen LogP contribution in [0, 0.1) is 0 Å². The molecule has 0 saturated heterocycles. The summed E-state index contributed by atoms with van der Waals surface area (Å²) in [6.45, 7) is 2.86. The number of nitrogens with zero attached hydrogens (tertiary/aromatic N) is 1. The van der Waals surface area contributed by atoms with Gasteiger partial charge in [-0.2, -0.15) is 0 Å². The maximum absolute atomic E-state index is 12.2. The molecule has 1 aliphatic heterocycles. The predicted octanol–water partition coefficient (Wildman–Crippen LogP) is 3.48. The minimum Gasteiger partial charge on any atom is -0.484 e. The summed E-state index contributed by atoms with van der Waals surface area (Å²) in [7, 11) is 0. The van der Waals surface area contributed by atoms with E-state index in [0.29, 0.717) is 10.9 Å². The van der Waals surface area contributed by atoms with E-state index in [9.17, 15) is 4.79 Å². The maximum atomic E-state index is 12.2. The lowest BCUT2D eigenvalue weighted by atomic mass is 10.0. The molecule has 5 heteroatoms. The lowest BCUT2D eigenvalue weighted by Crippen LogP contribution is -2.46. The van der Waals surface area contributed by atoms with E-state index < -0.39 is 0 Å². The van der Waals surface area contributed by atoms with Gasteiger partial charge in [0.05, 0.1) is 0 Å². The molecule has 2 aromatic rings. The monoisotopic (exact) mass is 354 g/mol. The summed E-state index contributed by atoms with van der Waals surface area (Å²) in [5.41, 5.74) is 3.58. The van der Waals surface area contributed by atoms with Gasteiger partial charge < -0.3 is 9.64 Å². The first-order valence-electron chi connectivity index (χ1n) is 8.58. The number of carbonyl (C=O) groups is 1. The first kappa shape index (κ1) is 17.4. The van der Waals surface area contributed by atoms with Gasteiger partial charge in [0.2, 0.25) is 0 Å². The number of rotatable bonds is 4. The number of carbonyl (C=O) groups excluding carboxylic acids is 1. The Morgan fingerprint density at radius 3 is 2.72 bits per heavy atom. The van der Waals surface area contributed by atoms with Crippen LogP contribution in [0.15, 0.2) is 48.5 Å². The summed E-state index contributed by atoms with van der Waals surface area (Å²) in [4.78, 5) is 14.1. The maximum Gasteiger partial charge on any atom is 0.264 e. The number of aryl methyl sites for hydroxylation is 2. The number of anilines is 1. The molecule has 1 aliphatic rings. The van der Waals surface area contributed by atoms with Gasteiger partial charge in [-0.1, -0.05) is 37.3 Å². The minimum absolute atomic E-state index is 0.0545. The van der Waals surface area contributed by atoms with Gasteiger partial charge in [-0.25, -0.2) is 0 Å². The highest BCUT2D eigenvalue weighted by Gasteiger charge is 2.20. The van der Waals surface area contributed by atoms with Crippen LogP contribution >= 0.6 is 12.2 Å². The molecule has 1 amide bonds. The molecule has 3 rings (SSSR count).